The Hall–Kier alpha value is -1.62. The zero-order valence-corrected chi connectivity index (χ0v) is 12.0. The van der Waals surface area contributed by atoms with Gasteiger partial charge in [0.05, 0.1) is 0 Å². The third kappa shape index (κ3) is 6.20. The molecule has 1 aromatic rings. The predicted molar refractivity (Wildman–Crippen MR) is 72.6 cm³/mol. The van der Waals surface area contributed by atoms with Gasteiger partial charge in [-0.1, -0.05) is 11.6 Å². The molecule has 5 nitrogen and oxygen atoms in total. The Morgan fingerprint density at radius 1 is 1.47 bits per heavy atom. The van der Waals surface area contributed by atoms with Crippen molar-refractivity contribution in [2.45, 2.75) is 32.8 Å². The average molecular weight is 285 g/mol. The predicted octanol–water partition coefficient (Wildman–Crippen LogP) is 2.61. The highest BCUT2D eigenvalue weighted by Gasteiger charge is 2.15. The number of ether oxygens (including phenoxy) is 1. The highest BCUT2D eigenvalue weighted by molar-refractivity contribution is 6.29. The lowest BCUT2D eigenvalue weighted by Gasteiger charge is -2.19. The molecule has 6 heteroatoms. The summed E-state index contributed by atoms with van der Waals surface area (Å²) in [6, 6.07) is 3.12. The van der Waals surface area contributed by atoms with E-state index in [2.05, 4.69) is 10.3 Å². The van der Waals surface area contributed by atoms with Gasteiger partial charge in [0.25, 0.3) is 0 Å². The van der Waals surface area contributed by atoms with Crippen molar-refractivity contribution < 1.29 is 14.3 Å². The first-order valence-corrected chi connectivity index (χ1v) is 6.26. The Bertz CT molecular complexity index is 469. The van der Waals surface area contributed by atoms with Gasteiger partial charge in [-0.15, -0.1) is 0 Å². The molecule has 1 amide bonds. The SMILES string of the molecule is CC(C)(C)OC(=O)NCCc1cc(C=O)cc(Cl)n1. The molecule has 1 aromatic heterocycles. The lowest BCUT2D eigenvalue weighted by atomic mass is 10.2. The van der Waals surface area contributed by atoms with Crippen LogP contribution < -0.4 is 5.32 Å². The fraction of sp³-hybridized carbons (Fsp3) is 0.462. The Balaban J connectivity index is 2.47. The molecule has 0 spiro atoms. The third-order valence-electron chi connectivity index (χ3n) is 2.05. The van der Waals surface area contributed by atoms with Crippen LogP contribution in [0.3, 0.4) is 0 Å². The van der Waals surface area contributed by atoms with Gasteiger partial charge in [-0.25, -0.2) is 9.78 Å². The van der Waals surface area contributed by atoms with Crippen molar-refractivity contribution >= 4 is 24.0 Å². The van der Waals surface area contributed by atoms with Crippen molar-refractivity contribution in [2.24, 2.45) is 0 Å². The number of rotatable bonds is 4. The topological polar surface area (TPSA) is 68.3 Å². The summed E-state index contributed by atoms with van der Waals surface area (Å²) in [4.78, 5) is 26.1. The summed E-state index contributed by atoms with van der Waals surface area (Å²) in [5.74, 6) is 0. The number of hydrogen-bond acceptors (Lipinski definition) is 4. The zero-order valence-electron chi connectivity index (χ0n) is 11.2. The number of pyridine rings is 1. The van der Waals surface area contributed by atoms with Gasteiger partial charge in [0.1, 0.15) is 17.0 Å². The summed E-state index contributed by atoms with van der Waals surface area (Å²) in [6.07, 6.45) is 0.698. The van der Waals surface area contributed by atoms with Gasteiger partial charge in [0.2, 0.25) is 0 Å². The Morgan fingerprint density at radius 3 is 2.74 bits per heavy atom. The van der Waals surface area contributed by atoms with E-state index in [0.717, 1.165) is 0 Å². The molecule has 0 fully saturated rings. The molecular weight excluding hydrogens is 268 g/mol. The first-order valence-electron chi connectivity index (χ1n) is 5.88. The minimum absolute atomic E-state index is 0.261. The van der Waals surface area contributed by atoms with Crippen LogP contribution in [0.25, 0.3) is 0 Å². The molecule has 1 heterocycles. The number of aromatic nitrogens is 1. The Labute approximate surface area is 117 Å². The van der Waals surface area contributed by atoms with Crippen molar-refractivity contribution in [3.8, 4) is 0 Å². The molecule has 0 saturated heterocycles. The second-order valence-electron chi connectivity index (χ2n) is 5.01. The molecule has 0 unspecified atom stereocenters. The minimum atomic E-state index is -0.525. The largest absolute Gasteiger partial charge is 0.444 e. The van der Waals surface area contributed by atoms with E-state index in [0.29, 0.717) is 30.5 Å². The number of halogens is 1. The van der Waals surface area contributed by atoms with E-state index in [-0.39, 0.29) is 5.15 Å². The van der Waals surface area contributed by atoms with E-state index in [4.69, 9.17) is 16.3 Å². The number of aldehydes is 1. The quantitative estimate of drug-likeness (QED) is 0.682. The molecule has 0 saturated carbocycles. The zero-order chi connectivity index (χ0) is 14.5. The first-order chi connectivity index (χ1) is 8.80. The minimum Gasteiger partial charge on any atom is -0.444 e. The van der Waals surface area contributed by atoms with Crippen molar-refractivity contribution in [3.63, 3.8) is 0 Å². The van der Waals surface area contributed by atoms with E-state index in [1.54, 1.807) is 26.8 Å². The maximum Gasteiger partial charge on any atom is 0.407 e. The highest BCUT2D eigenvalue weighted by Crippen LogP contribution is 2.10. The number of carbonyl (C=O) groups excluding carboxylic acids is 2. The molecule has 0 aliphatic carbocycles. The van der Waals surface area contributed by atoms with Crippen molar-refractivity contribution in [3.05, 3.63) is 28.5 Å². The summed E-state index contributed by atoms with van der Waals surface area (Å²) < 4.78 is 5.09. The van der Waals surface area contributed by atoms with Crippen LogP contribution in [0.15, 0.2) is 12.1 Å². The smallest absolute Gasteiger partial charge is 0.407 e. The first kappa shape index (κ1) is 15.4. The van der Waals surface area contributed by atoms with Crippen LogP contribution in [0.4, 0.5) is 4.79 Å². The molecule has 0 aromatic carbocycles. The summed E-state index contributed by atoms with van der Waals surface area (Å²) in [5, 5.41) is 2.87. The van der Waals surface area contributed by atoms with E-state index < -0.39 is 11.7 Å². The van der Waals surface area contributed by atoms with Crippen LogP contribution in [0.5, 0.6) is 0 Å². The molecule has 0 aliphatic rings. The van der Waals surface area contributed by atoms with Gasteiger partial charge in [0, 0.05) is 24.2 Å². The number of carbonyl (C=O) groups is 2. The van der Waals surface area contributed by atoms with Gasteiger partial charge in [0.15, 0.2) is 0 Å². The average Bonchev–Trinajstić information content (AvgIpc) is 2.25. The normalized spacial score (nSPS) is 10.9. The van der Waals surface area contributed by atoms with Gasteiger partial charge in [-0.05, 0) is 32.9 Å². The Kier molecular flexibility index (Phi) is 5.30. The summed E-state index contributed by atoms with van der Waals surface area (Å²) in [6.45, 7) is 5.74. The number of hydrogen-bond donors (Lipinski definition) is 1. The van der Waals surface area contributed by atoms with Crippen molar-refractivity contribution in [1.82, 2.24) is 10.3 Å². The van der Waals surface area contributed by atoms with Gasteiger partial charge >= 0.3 is 6.09 Å². The second kappa shape index (κ2) is 6.52. The summed E-state index contributed by atoms with van der Waals surface area (Å²) in [5.41, 5.74) is 0.584. The van der Waals surface area contributed by atoms with Crippen LogP contribution in [0.2, 0.25) is 5.15 Å². The van der Waals surface area contributed by atoms with Crippen LogP contribution in [-0.4, -0.2) is 29.5 Å². The van der Waals surface area contributed by atoms with Crippen LogP contribution in [-0.2, 0) is 11.2 Å². The Morgan fingerprint density at radius 2 is 2.16 bits per heavy atom. The lowest BCUT2D eigenvalue weighted by molar-refractivity contribution is 0.0528. The fourth-order valence-electron chi connectivity index (χ4n) is 1.38. The summed E-state index contributed by atoms with van der Waals surface area (Å²) >= 11 is 5.78. The third-order valence-corrected chi connectivity index (χ3v) is 2.25. The number of nitrogens with zero attached hydrogens (tertiary/aromatic N) is 1. The molecule has 0 radical (unpaired) electrons. The molecule has 0 atom stereocenters. The van der Waals surface area contributed by atoms with Crippen LogP contribution in [0, 0.1) is 0 Å². The number of nitrogens with one attached hydrogen (secondary N) is 1. The van der Waals surface area contributed by atoms with Gasteiger partial charge in [-0.2, -0.15) is 0 Å². The monoisotopic (exact) mass is 284 g/mol. The fourth-order valence-corrected chi connectivity index (χ4v) is 1.61. The lowest BCUT2D eigenvalue weighted by Crippen LogP contribution is -2.33. The maximum atomic E-state index is 11.4. The second-order valence-corrected chi connectivity index (χ2v) is 5.40. The van der Waals surface area contributed by atoms with Gasteiger partial charge < -0.3 is 10.1 Å². The standard InChI is InChI=1S/C13H17ClN2O3/c1-13(2,3)19-12(18)15-5-4-10-6-9(8-17)7-11(14)16-10/h6-8H,4-5H2,1-3H3,(H,15,18). The van der Waals surface area contributed by atoms with Crippen molar-refractivity contribution in [2.75, 3.05) is 6.54 Å². The number of amides is 1. The molecule has 0 bridgehead atoms. The van der Waals surface area contributed by atoms with Gasteiger partial charge in [-0.3, -0.25) is 4.79 Å². The van der Waals surface area contributed by atoms with Crippen molar-refractivity contribution in [1.29, 1.82) is 0 Å². The molecule has 1 rings (SSSR count). The molecule has 1 N–H and O–H groups in total. The van der Waals surface area contributed by atoms with E-state index in [1.807, 2.05) is 0 Å². The number of alkyl carbamates (subject to hydrolysis) is 1. The molecule has 104 valence electrons. The van der Waals surface area contributed by atoms with E-state index >= 15 is 0 Å². The highest BCUT2D eigenvalue weighted by atomic mass is 35.5. The van der Waals surface area contributed by atoms with E-state index in [1.165, 1.54) is 6.07 Å². The maximum absolute atomic E-state index is 11.4. The van der Waals surface area contributed by atoms with Crippen LogP contribution >= 0.6 is 11.6 Å². The molecular formula is C13H17ClN2O3. The molecule has 19 heavy (non-hydrogen) atoms. The van der Waals surface area contributed by atoms with E-state index in [9.17, 15) is 9.59 Å². The summed E-state index contributed by atoms with van der Waals surface area (Å²) in [7, 11) is 0. The molecule has 0 aliphatic heterocycles. The van der Waals surface area contributed by atoms with Crippen LogP contribution in [0.1, 0.15) is 36.8 Å².